The first-order valence-electron chi connectivity index (χ1n) is 13.1. The summed E-state index contributed by atoms with van der Waals surface area (Å²) < 4.78 is 0. The van der Waals surface area contributed by atoms with E-state index in [0.29, 0.717) is 18.3 Å². The zero-order chi connectivity index (χ0) is 25.1. The maximum Gasteiger partial charge on any atom is 0.387 e. The summed E-state index contributed by atoms with van der Waals surface area (Å²) in [6, 6.07) is 15.4. The first-order valence-corrected chi connectivity index (χ1v) is 13.1. The van der Waals surface area contributed by atoms with Crippen LogP contribution in [0.25, 0.3) is 11.1 Å². The fourth-order valence-electron chi connectivity index (χ4n) is 5.63. The number of carbonyl (C=O) groups is 2. The lowest BCUT2D eigenvalue weighted by Gasteiger charge is -2.33. The van der Waals surface area contributed by atoms with Crippen molar-refractivity contribution in [2.45, 2.75) is 77.3 Å². The van der Waals surface area contributed by atoms with Gasteiger partial charge in [-0.15, -0.1) is 5.11 Å². The minimum atomic E-state index is -0.629. The SMILES string of the molecule is CCCCC1=NC(C)(C2CCCCC2)C(=O)N1Cc1ccc(-c2ccccc2C2=NC(=O)N=N2)cc1. The van der Waals surface area contributed by atoms with Crippen molar-refractivity contribution >= 4 is 23.6 Å². The number of amides is 3. The van der Waals surface area contributed by atoms with E-state index in [1.807, 2.05) is 41.3 Å². The summed E-state index contributed by atoms with van der Waals surface area (Å²) >= 11 is 0. The van der Waals surface area contributed by atoms with Gasteiger partial charge >= 0.3 is 6.03 Å². The fourth-order valence-corrected chi connectivity index (χ4v) is 5.63. The number of azo groups is 1. The van der Waals surface area contributed by atoms with E-state index in [2.05, 4.69) is 41.2 Å². The van der Waals surface area contributed by atoms with E-state index in [0.717, 1.165) is 60.2 Å². The molecule has 0 spiro atoms. The summed E-state index contributed by atoms with van der Waals surface area (Å²) in [6.45, 7) is 4.76. The van der Waals surface area contributed by atoms with E-state index in [1.165, 1.54) is 19.3 Å². The van der Waals surface area contributed by atoms with Crippen molar-refractivity contribution in [2.75, 3.05) is 0 Å². The topological polar surface area (TPSA) is 86.8 Å². The number of nitrogens with zero attached hydrogens (tertiary/aromatic N) is 5. The van der Waals surface area contributed by atoms with Crippen LogP contribution in [0.1, 0.15) is 76.3 Å². The molecule has 2 aromatic carbocycles. The molecule has 2 aromatic rings. The quantitative estimate of drug-likeness (QED) is 0.406. The molecular formula is C29H33N5O2. The molecule has 5 rings (SSSR count). The Balaban J connectivity index is 1.38. The number of unbranched alkanes of at least 4 members (excludes halogenated alkanes) is 1. The number of urea groups is 1. The molecule has 1 fully saturated rings. The monoisotopic (exact) mass is 483 g/mol. The third-order valence-electron chi connectivity index (χ3n) is 7.71. The average molecular weight is 484 g/mol. The standard InChI is InChI=1S/C29H33N5O2/c1-3-4-14-25-31-29(2,22-10-6-5-7-11-22)27(35)34(25)19-20-15-17-21(18-16-20)23-12-8-9-13-24(23)26-30-28(36)33-32-26/h8-9,12-13,15-18,22H,3-7,10-11,14,19H2,1-2H3. The van der Waals surface area contributed by atoms with Gasteiger partial charge < -0.3 is 0 Å². The molecule has 1 unspecified atom stereocenters. The molecule has 1 aliphatic carbocycles. The van der Waals surface area contributed by atoms with Gasteiger partial charge in [-0.2, -0.15) is 4.99 Å². The molecule has 3 aliphatic rings. The number of carbonyl (C=O) groups excluding carboxylic acids is 2. The van der Waals surface area contributed by atoms with Crippen molar-refractivity contribution in [1.29, 1.82) is 0 Å². The molecule has 1 atom stereocenters. The third-order valence-corrected chi connectivity index (χ3v) is 7.71. The van der Waals surface area contributed by atoms with Crippen LogP contribution in [-0.2, 0) is 11.3 Å². The minimum Gasteiger partial charge on any atom is -0.294 e. The predicted molar refractivity (Wildman–Crippen MR) is 141 cm³/mol. The number of aliphatic imine (C=N–C) groups is 2. The molecule has 0 saturated heterocycles. The molecule has 36 heavy (non-hydrogen) atoms. The van der Waals surface area contributed by atoms with Gasteiger partial charge in [0.15, 0.2) is 5.84 Å². The van der Waals surface area contributed by atoms with Crippen molar-refractivity contribution in [3.05, 3.63) is 59.7 Å². The number of amidine groups is 2. The van der Waals surface area contributed by atoms with E-state index in [4.69, 9.17) is 4.99 Å². The minimum absolute atomic E-state index is 0.157. The molecule has 0 radical (unpaired) electrons. The van der Waals surface area contributed by atoms with Crippen LogP contribution in [0.4, 0.5) is 4.79 Å². The maximum atomic E-state index is 13.8. The number of benzene rings is 2. The van der Waals surface area contributed by atoms with Crippen LogP contribution in [0.5, 0.6) is 0 Å². The van der Waals surface area contributed by atoms with E-state index in [-0.39, 0.29) is 5.91 Å². The number of hydrogen-bond donors (Lipinski definition) is 0. The van der Waals surface area contributed by atoms with E-state index >= 15 is 0 Å². The molecule has 0 aromatic heterocycles. The van der Waals surface area contributed by atoms with Gasteiger partial charge in [-0.3, -0.25) is 14.7 Å². The van der Waals surface area contributed by atoms with Crippen LogP contribution in [0.3, 0.4) is 0 Å². The predicted octanol–water partition coefficient (Wildman–Crippen LogP) is 6.96. The second-order valence-electron chi connectivity index (χ2n) is 10.2. The van der Waals surface area contributed by atoms with Gasteiger partial charge in [-0.25, -0.2) is 4.79 Å². The maximum absolute atomic E-state index is 13.8. The van der Waals surface area contributed by atoms with Gasteiger partial charge in [0.2, 0.25) is 0 Å². The van der Waals surface area contributed by atoms with Crippen molar-refractivity contribution in [3.8, 4) is 11.1 Å². The molecule has 186 valence electrons. The lowest BCUT2D eigenvalue weighted by molar-refractivity contribution is -0.133. The van der Waals surface area contributed by atoms with Crippen LogP contribution in [0.15, 0.2) is 68.7 Å². The molecule has 0 bridgehead atoms. The van der Waals surface area contributed by atoms with Gasteiger partial charge in [0, 0.05) is 12.0 Å². The summed E-state index contributed by atoms with van der Waals surface area (Å²) in [5, 5.41) is 7.44. The molecule has 7 heteroatoms. The van der Waals surface area contributed by atoms with Crippen molar-refractivity contribution in [2.24, 2.45) is 26.1 Å². The van der Waals surface area contributed by atoms with Crippen molar-refractivity contribution < 1.29 is 9.59 Å². The Labute approximate surface area is 212 Å². The van der Waals surface area contributed by atoms with Gasteiger partial charge in [0.05, 0.1) is 6.54 Å². The van der Waals surface area contributed by atoms with E-state index < -0.39 is 11.6 Å². The first kappa shape index (κ1) is 24.2. The Bertz CT molecular complexity index is 1240. The third kappa shape index (κ3) is 4.66. The summed E-state index contributed by atoms with van der Waals surface area (Å²) in [5.74, 6) is 1.77. The van der Waals surface area contributed by atoms with Crippen LogP contribution < -0.4 is 0 Å². The smallest absolute Gasteiger partial charge is 0.294 e. The fraction of sp³-hybridized carbons (Fsp3) is 0.448. The molecule has 1 saturated carbocycles. The summed E-state index contributed by atoms with van der Waals surface area (Å²) in [6.07, 6.45) is 8.77. The lowest BCUT2D eigenvalue weighted by Crippen LogP contribution is -2.45. The van der Waals surface area contributed by atoms with Gasteiger partial charge in [-0.1, -0.05) is 86.3 Å². The highest BCUT2D eigenvalue weighted by Crippen LogP contribution is 2.40. The Morgan fingerprint density at radius 3 is 2.33 bits per heavy atom. The van der Waals surface area contributed by atoms with Crippen molar-refractivity contribution in [1.82, 2.24) is 4.90 Å². The Kier molecular flexibility index (Phi) is 6.90. The first-order chi connectivity index (χ1) is 17.5. The highest BCUT2D eigenvalue weighted by Gasteiger charge is 2.49. The summed E-state index contributed by atoms with van der Waals surface area (Å²) in [5.41, 5.74) is 3.13. The average Bonchev–Trinajstić information content (AvgIpc) is 3.45. The summed E-state index contributed by atoms with van der Waals surface area (Å²) in [7, 11) is 0. The summed E-state index contributed by atoms with van der Waals surface area (Å²) in [4.78, 5) is 36.2. The molecular weight excluding hydrogens is 450 g/mol. The zero-order valence-corrected chi connectivity index (χ0v) is 21.1. The largest absolute Gasteiger partial charge is 0.387 e. The highest BCUT2D eigenvalue weighted by atomic mass is 16.2. The number of hydrogen-bond acceptors (Lipinski definition) is 4. The van der Waals surface area contributed by atoms with Gasteiger partial charge in [0.25, 0.3) is 5.91 Å². The van der Waals surface area contributed by atoms with Crippen LogP contribution in [0, 0.1) is 5.92 Å². The Morgan fingerprint density at radius 1 is 0.944 bits per heavy atom. The molecule has 2 heterocycles. The number of rotatable bonds is 8. The zero-order valence-electron chi connectivity index (χ0n) is 21.1. The molecule has 0 N–H and O–H groups in total. The second kappa shape index (κ2) is 10.2. The van der Waals surface area contributed by atoms with Crippen molar-refractivity contribution in [3.63, 3.8) is 0 Å². The normalized spacial score (nSPS) is 22.3. The lowest BCUT2D eigenvalue weighted by atomic mass is 9.75. The highest BCUT2D eigenvalue weighted by molar-refractivity contribution is 6.11. The van der Waals surface area contributed by atoms with E-state index in [1.54, 1.807) is 0 Å². The van der Waals surface area contributed by atoms with Gasteiger partial charge in [-0.05, 0) is 48.8 Å². The Hall–Kier alpha value is -3.48. The molecule has 2 aliphatic heterocycles. The van der Waals surface area contributed by atoms with Crippen LogP contribution in [0.2, 0.25) is 0 Å². The van der Waals surface area contributed by atoms with Gasteiger partial charge in [0.1, 0.15) is 11.4 Å². The van der Waals surface area contributed by atoms with E-state index in [9.17, 15) is 9.59 Å². The second-order valence-corrected chi connectivity index (χ2v) is 10.2. The molecule has 3 amide bonds. The van der Waals surface area contributed by atoms with Crippen LogP contribution in [-0.4, -0.2) is 34.0 Å². The molecule has 7 nitrogen and oxygen atoms in total. The van der Waals surface area contributed by atoms with Crippen LogP contribution >= 0.6 is 0 Å². The Morgan fingerprint density at radius 2 is 1.67 bits per heavy atom.